The van der Waals surface area contributed by atoms with Gasteiger partial charge in [0.1, 0.15) is 11.6 Å². The van der Waals surface area contributed by atoms with Crippen molar-refractivity contribution in [3.8, 4) is 5.75 Å². The van der Waals surface area contributed by atoms with E-state index in [-0.39, 0.29) is 11.9 Å². The Morgan fingerprint density at radius 1 is 1.50 bits per heavy atom. The number of imidazole rings is 1. The van der Waals surface area contributed by atoms with E-state index in [1.165, 1.54) is 13.2 Å². The number of nitrogens with zero attached hydrogens (tertiary/aromatic N) is 2. The quantitative estimate of drug-likeness (QED) is 0.827. The zero-order chi connectivity index (χ0) is 12.7. The number of methoxy groups -OCH3 is 1. The molecule has 0 aliphatic carbocycles. The van der Waals surface area contributed by atoms with Gasteiger partial charge in [0.25, 0.3) is 0 Å². The summed E-state index contributed by atoms with van der Waals surface area (Å²) in [5, 5.41) is 0. The molecule has 0 radical (unpaired) electrons. The minimum Gasteiger partial charge on any atom is -0.496 e. The van der Waals surface area contributed by atoms with Crippen molar-refractivity contribution in [3.63, 3.8) is 0 Å². The Labute approximate surface area is 104 Å². The fourth-order valence-electron chi connectivity index (χ4n) is 2.62. The highest BCUT2D eigenvalue weighted by atomic mass is 19.1. The summed E-state index contributed by atoms with van der Waals surface area (Å²) in [7, 11) is 1.53. The van der Waals surface area contributed by atoms with Crippen molar-refractivity contribution in [3.05, 3.63) is 41.7 Å². The molecule has 1 atom stereocenters. The minimum absolute atomic E-state index is 0.0574. The summed E-state index contributed by atoms with van der Waals surface area (Å²) in [5.41, 5.74) is 7.69. The highest BCUT2D eigenvalue weighted by Crippen LogP contribution is 2.38. The molecule has 1 aliphatic heterocycles. The normalized spacial score (nSPS) is 17.8. The van der Waals surface area contributed by atoms with E-state index in [0.717, 1.165) is 18.5 Å². The van der Waals surface area contributed by atoms with Crippen molar-refractivity contribution in [2.45, 2.75) is 18.9 Å². The maximum atomic E-state index is 14.2. The molecular weight excluding hydrogens is 233 g/mol. The largest absolute Gasteiger partial charge is 0.496 e. The first-order valence-electron chi connectivity index (χ1n) is 5.84. The van der Waals surface area contributed by atoms with Crippen LogP contribution in [0.3, 0.4) is 0 Å². The Morgan fingerprint density at radius 3 is 3.11 bits per heavy atom. The number of rotatable bonds is 2. The SMILES string of the molecule is COc1cc(N)cc(F)c1C1CCc2cncn21. The zero-order valence-electron chi connectivity index (χ0n) is 10.1. The number of fused-ring (bicyclic) bond motifs is 1. The maximum Gasteiger partial charge on any atom is 0.134 e. The van der Waals surface area contributed by atoms with Crippen LogP contribution in [0.15, 0.2) is 24.7 Å². The number of hydrogen-bond acceptors (Lipinski definition) is 3. The van der Waals surface area contributed by atoms with Gasteiger partial charge in [-0.2, -0.15) is 0 Å². The van der Waals surface area contributed by atoms with Crippen LogP contribution < -0.4 is 10.5 Å². The number of hydrogen-bond donors (Lipinski definition) is 1. The smallest absolute Gasteiger partial charge is 0.134 e. The second-order valence-corrected chi connectivity index (χ2v) is 4.47. The lowest BCUT2D eigenvalue weighted by Gasteiger charge is -2.18. The molecule has 18 heavy (non-hydrogen) atoms. The summed E-state index contributed by atoms with van der Waals surface area (Å²) in [6.45, 7) is 0. The predicted molar refractivity (Wildman–Crippen MR) is 66.1 cm³/mol. The third kappa shape index (κ3) is 1.54. The molecule has 1 aliphatic rings. The van der Waals surface area contributed by atoms with Crippen molar-refractivity contribution in [2.75, 3.05) is 12.8 Å². The van der Waals surface area contributed by atoms with Crippen molar-refractivity contribution < 1.29 is 9.13 Å². The Morgan fingerprint density at radius 2 is 2.33 bits per heavy atom. The molecule has 0 saturated carbocycles. The van der Waals surface area contributed by atoms with Crippen molar-refractivity contribution in [2.24, 2.45) is 0 Å². The lowest BCUT2D eigenvalue weighted by atomic mass is 10.0. The van der Waals surface area contributed by atoms with Crippen LogP contribution in [0.1, 0.15) is 23.7 Å². The van der Waals surface area contributed by atoms with Gasteiger partial charge < -0.3 is 15.0 Å². The molecular formula is C13H14FN3O. The summed E-state index contributed by atoms with van der Waals surface area (Å²) in [6.07, 6.45) is 5.32. The Balaban J connectivity index is 2.13. The standard InChI is InChI=1S/C13H14FN3O/c1-18-12-5-8(15)4-10(14)13(12)11-3-2-9-6-16-7-17(9)11/h4-7,11H,2-3,15H2,1H3. The second kappa shape index (κ2) is 4.01. The third-order valence-corrected chi connectivity index (χ3v) is 3.42. The van der Waals surface area contributed by atoms with Crippen LogP contribution in [0.2, 0.25) is 0 Å². The fraction of sp³-hybridized carbons (Fsp3) is 0.308. The van der Waals surface area contributed by atoms with Crippen LogP contribution in [0.4, 0.5) is 10.1 Å². The van der Waals surface area contributed by atoms with Crippen LogP contribution in [0, 0.1) is 5.82 Å². The summed E-state index contributed by atoms with van der Waals surface area (Å²) in [5.74, 6) is 0.178. The average molecular weight is 247 g/mol. The van der Waals surface area contributed by atoms with Crippen molar-refractivity contribution in [1.29, 1.82) is 0 Å². The molecule has 2 aromatic rings. The van der Waals surface area contributed by atoms with E-state index in [1.54, 1.807) is 12.4 Å². The molecule has 0 spiro atoms. The molecule has 1 unspecified atom stereocenters. The predicted octanol–water partition coefficient (Wildman–Crippen LogP) is 2.15. The first-order chi connectivity index (χ1) is 8.70. The Hall–Kier alpha value is -2.04. The highest BCUT2D eigenvalue weighted by Gasteiger charge is 2.28. The van der Waals surface area contributed by atoms with Gasteiger partial charge in [0.05, 0.1) is 25.0 Å². The van der Waals surface area contributed by atoms with E-state index in [9.17, 15) is 4.39 Å². The lowest BCUT2D eigenvalue weighted by Crippen LogP contribution is -2.09. The average Bonchev–Trinajstić information content (AvgIpc) is 2.91. The summed E-state index contributed by atoms with van der Waals surface area (Å²) < 4.78 is 21.4. The molecule has 0 bridgehead atoms. The van der Waals surface area contributed by atoms with Gasteiger partial charge in [0, 0.05) is 23.6 Å². The van der Waals surface area contributed by atoms with Crippen LogP contribution in [0.5, 0.6) is 5.75 Å². The third-order valence-electron chi connectivity index (χ3n) is 3.42. The summed E-state index contributed by atoms with van der Waals surface area (Å²) in [4.78, 5) is 4.10. The number of halogens is 1. The fourth-order valence-corrected chi connectivity index (χ4v) is 2.62. The maximum absolute atomic E-state index is 14.2. The zero-order valence-corrected chi connectivity index (χ0v) is 10.1. The molecule has 5 heteroatoms. The van der Waals surface area contributed by atoms with Gasteiger partial charge in [0.2, 0.25) is 0 Å². The van der Waals surface area contributed by atoms with E-state index >= 15 is 0 Å². The summed E-state index contributed by atoms with van der Waals surface area (Å²) in [6, 6.07) is 2.94. The molecule has 0 saturated heterocycles. The van der Waals surface area contributed by atoms with E-state index in [0.29, 0.717) is 17.0 Å². The van der Waals surface area contributed by atoms with Gasteiger partial charge in [-0.3, -0.25) is 0 Å². The van der Waals surface area contributed by atoms with Gasteiger partial charge in [-0.05, 0) is 18.9 Å². The van der Waals surface area contributed by atoms with E-state index in [4.69, 9.17) is 10.5 Å². The number of aryl methyl sites for hydroxylation is 1. The first kappa shape index (κ1) is 11.1. The number of ether oxygens (including phenoxy) is 1. The van der Waals surface area contributed by atoms with Gasteiger partial charge in [-0.25, -0.2) is 9.37 Å². The summed E-state index contributed by atoms with van der Waals surface area (Å²) >= 11 is 0. The van der Waals surface area contributed by atoms with E-state index in [1.807, 2.05) is 10.8 Å². The van der Waals surface area contributed by atoms with Gasteiger partial charge in [-0.1, -0.05) is 0 Å². The van der Waals surface area contributed by atoms with Crippen LogP contribution in [-0.4, -0.2) is 16.7 Å². The molecule has 4 nitrogen and oxygen atoms in total. The van der Waals surface area contributed by atoms with Crippen LogP contribution >= 0.6 is 0 Å². The molecule has 94 valence electrons. The van der Waals surface area contributed by atoms with Crippen molar-refractivity contribution in [1.82, 2.24) is 9.55 Å². The van der Waals surface area contributed by atoms with Crippen LogP contribution in [-0.2, 0) is 6.42 Å². The molecule has 2 heterocycles. The molecule has 2 N–H and O–H groups in total. The topological polar surface area (TPSA) is 53.1 Å². The number of nitrogen functional groups attached to an aromatic ring is 1. The molecule has 1 aromatic heterocycles. The van der Waals surface area contributed by atoms with Gasteiger partial charge in [0.15, 0.2) is 0 Å². The minimum atomic E-state index is -0.321. The number of aromatic nitrogens is 2. The number of benzene rings is 1. The Kier molecular flexibility index (Phi) is 2.47. The van der Waals surface area contributed by atoms with E-state index in [2.05, 4.69) is 4.98 Å². The molecule has 1 aromatic carbocycles. The monoisotopic (exact) mass is 247 g/mol. The van der Waals surface area contributed by atoms with Gasteiger partial charge >= 0.3 is 0 Å². The second-order valence-electron chi connectivity index (χ2n) is 4.47. The molecule has 0 amide bonds. The first-order valence-corrected chi connectivity index (χ1v) is 5.84. The van der Waals surface area contributed by atoms with Crippen molar-refractivity contribution >= 4 is 5.69 Å². The lowest BCUT2D eigenvalue weighted by molar-refractivity contribution is 0.395. The molecule has 0 fully saturated rings. The van der Waals surface area contributed by atoms with E-state index < -0.39 is 0 Å². The Bertz CT molecular complexity index is 594. The molecule has 3 rings (SSSR count). The van der Waals surface area contributed by atoms with Crippen LogP contribution in [0.25, 0.3) is 0 Å². The van der Waals surface area contributed by atoms with Gasteiger partial charge in [-0.15, -0.1) is 0 Å². The number of nitrogens with two attached hydrogens (primary N) is 1. The number of anilines is 1. The highest BCUT2D eigenvalue weighted by molar-refractivity contribution is 5.51.